The van der Waals surface area contributed by atoms with Gasteiger partial charge in [0.15, 0.2) is 17.6 Å². The van der Waals surface area contributed by atoms with Crippen LogP contribution in [0.5, 0.6) is 17.2 Å². The van der Waals surface area contributed by atoms with Crippen molar-refractivity contribution in [3.63, 3.8) is 0 Å². The largest absolute Gasteiger partial charge is 0.489 e. The molecular formula is C42H35NO8. The highest BCUT2D eigenvalue weighted by molar-refractivity contribution is 5.96. The Morgan fingerprint density at radius 1 is 0.725 bits per heavy atom. The molecule has 1 aliphatic heterocycles. The summed E-state index contributed by atoms with van der Waals surface area (Å²) in [6.45, 7) is 0.779. The van der Waals surface area contributed by atoms with E-state index < -0.39 is 17.7 Å². The Labute approximate surface area is 294 Å². The minimum Gasteiger partial charge on any atom is -0.489 e. The number of rotatable bonds is 13. The number of carbonyl (C=O) groups excluding carboxylic acids is 1. The fourth-order valence-corrected chi connectivity index (χ4v) is 5.96. The number of carbonyl (C=O) groups is 1. The van der Waals surface area contributed by atoms with Crippen LogP contribution >= 0.6 is 0 Å². The van der Waals surface area contributed by atoms with E-state index >= 15 is 0 Å². The fourth-order valence-electron chi connectivity index (χ4n) is 5.96. The highest BCUT2D eigenvalue weighted by atomic mass is 16.6. The zero-order valence-electron chi connectivity index (χ0n) is 28.0. The Kier molecular flexibility index (Phi) is 10.1. The molecule has 2 heterocycles. The van der Waals surface area contributed by atoms with Gasteiger partial charge in [0.05, 0.1) is 12.8 Å². The van der Waals surface area contributed by atoms with Gasteiger partial charge < -0.3 is 28.2 Å². The SMILES string of the molecule is COC(=O)c1cc2cc(C3CC(Cc4ccccc4OCc4ccccc4)=NO3)c(OCc3ccccc3)c(OCc3ccccc3)c2c(=O)o1. The Balaban J connectivity index is 1.24. The molecule has 51 heavy (non-hydrogen) atoms. The van der Waals surface area contributed by atoms with Crippen LogP contribution in [-0.4, -0.2) is 18.8 Å². The van der Waals surface area contributed by atoms with Gasteiger partial charge in [-0.1, -0.05) is 114 Å². The average Bonchev–Trinajstić information content (AvgIpc) is 3.64. The highest BCUT2D eigenvalue weighted by Gasteiger charge is 2.31. The monoisotopic (exact) mass is 681 g/mol. The zero-order chi connectivity index (χ0) is 35.0. The van der Waals surface area contributed by atoms with Gasteiger partial charge in [0.25, 0.3) is 0 Å². The lowest BCUT2D eigenvalue weighted by molar-refractivity contribution is 0.0560. The quantitative estimate of drug-likeness (QED) is 0.112. The van der Waals surface area contributed by atoms with E-state index in [1.807, 2.05) is 115 Å². The second kappa shape index (κ2) is 15.5. The second-order valence-electron chi connectivity index (χ2n) is 12.0. The highest BCUT2D eigenvalue weighted by Crippen LogP contribution is 2.45. The van der Waals surface area contributed by atoms with Crippen LogP contribution in [0, 0.1) is 0 Å². The van der Waals surface area contributed by atoms with Gasteiger partial charge in [-0.3, -0.25) is 0 Å². The standard InChI is InChI=1S/C42H35NO8/c1-46-41(44)37-23-32-22-34(36-24-33(43-51-36)21-31-19-11-12-20-35(31)47-25-28-13-5-2-6-14-28)39(48-26-29-15-7-3-8-16-29)40(38(32)42(45)50-37)49-27-30-17-9-4-10-18-30/h2-20,22-23,36H,21,24-27H2,1H3. The van der Waals surface area contributed by atoms with Crippen LogP contribution in [0.2, 0.25) is 0 Å². The summed E-state index contributed by atoms with van der Waals surface area (Å²) in [5, 5.41) is 5.04. The third-order valence-electron chi connectivity index (χ3n) is 8.51. The van der Waals surface area contributed by atoms with E-state index in [-0.39, 0.29) is 30.1 Å². The first kappa shape index (κ1) is 33.2. The average molecular weight is 682 g/mol. The molecular weight excluding hydrogens is 646 g/mol. The van der Waals surface area contributed by atoms with Crippen LogP contribution in [0.4, 0.5) is 0 Å². The molecule has 256 valence electrons. The van der Waals surface area contributed by atoms with Crippen LogP contribution in [-0.2, 0) is 35.8 Å². The molecule has 5 aromatic carbocycles. The Bertz CT molecular complexity index is 2220. The molecule has 0 amide bonds. The van der Waals surface area contributed by atoms with Crippen molar-refractivity contribution >= 4 is 22.5 Å². The van der Waals surface area contributed by atoms with Gasteiger partial charge in [-0.25, -0.2) is 9.59 Å². The van der Waals surface area contributed by atoms with Gasteiger partial charge in [0.1, 0.15) is 31.0 Å². The molecule has 0 saturated heterocycles. The molecule has 7 rings (SSSR count). The lowest BCUT2D eigenvalue weighted by atomic mass is 9.96. The van der Waals surface area contributed by atoms with Gasteiger partial charge in [-0.05, 0) is 45.8 Å². The predicted molar refractivity (Wildman–Crippen MR) is 192 cm³/mol. The Morgan fingerprint density at radius 2 is 1.29 bits per heavy atom. The second-order valence-corrected chi connectivity index (χ2v) is 12.0. The third-order valence-corrected chi connectivity index (χ3v) is 8.51. The van der Waals surface area contributed by atoms with Crippen molar-refractivity contribution in [2.75, 3.05) is 7.11 Å². The van der Waals surface area contributed by atoms with Gasteiger partial charge in [-0.15, -0.1) is 0 Å². The summed E-state index contributed by atoms with van der Waals surface area (Å²) in [7, 11) is 1.23. The number of hydrogen-bond acceptors (Lipinski definition) is 9. The van der Waals surface area contributed by atoms with Gasteiger partial charge in [0, 0.05) is 18.4 Å². The molecule has 1 atom stereocenters. The van der Waals surface area contributed by atoms with Crippen LogP contribution in [0.1, 0.15) is 50.9 Å². The summed E-state index contributed by atoms with van der Waals surface area (Å²) in [6, 6.07) is 40.4. The Hall–Kier alpha value is -6.35. The summed E-state index contributed by atoms with van der Waals surface area (Å²) in [5.41, 5.74) is 4.50. The number of nitrogens with zero attached hydrogens (tertiary/aromatic N) is 1. The first-order chi connectivity index (χ1) is 25.1. The van der Waals surface area contributed by atoms with Crippen molar-refractivity contribution in [1.29, 1.82) is 0 Å². The molecule has 0 radical (unpaired) electrons. The van der Waals surface area contributed by atoms with Crippen LogP contribution in [0.25, 0.3) is 10.8 Å². The van der Waals surface area contributed by atoms with Crippen LogP contribution in [0.3, 0.4) is 0 Å². The number of para-hydroxylation sites is 1. The smallest absolute Gasteiger partial charge is 0.374 e. The van der Waals surface area contributed by atoms with Gasteiger partial charge in [0.2, 0.25) is 5.76 Å². The maximum absolute atomic E-state index is 13.6. The molecule has 0 fully saturated rings. The van der Waals surface area contributed by atoms with Gasteiger partial charge in [-0.2, -0.15) is 0 Å². The van der Waals surface area contributed by atoms with E-state index in [9.17, 15) is 9.59 Å². The summed E-state index contributed by atoms with van der Waals surface area (Å²) in [4.78, 5) is 32.1. The van der Waals surface area contributed by atoms with Crippen LogP contribution < -0.4 is 19.8 Å². The summed E-state index contributed by atoms with van der Waals surface area (Å²) < 4.78 is 29.4. The molecule has 6 aromatic rings. The molecule has 9 heteroatoms. The topological polar surface area (TPSA) is 106 Å². The van der Waals surface area contributed by atoms with E-state index in [0.29, 0.717) is 36.1 Å². The van der Waals surface area contributed by atoms with Crippen molar-refractivity contribution in [2.24, 2.45) is 5.16 Å². The maximum atomic E-state index is 13.6. The Morgan fingerprint density at radius 3 is 1.92 bits per heavy atom. The number of fused-ring (bicyclic) bond motifs is 1. The summed E-state index contributed by atoms with van der Waals surface area (Å²) in [5.74, 6) is 0.272. The maximum Gasteiger partial charge on any atom is 0.374 e. The first-order valence-electron chi connectivity index (χ1n) is 16.6. The van der Waals surface area contributed by atoms with E-state index in [0.717, 1.165) is 33.7 Å². The molecule has 9 nitrogen and oxygen atoms in total. The fraction of sp³-hybridized carbons (Fsp3) is 0.167. The molecule has 0 aliphatic carbocycles. The molecule has 1 aliphatic rings. The normalized spacial score (nSPS) is 13.7. The predicted octanol–water partition coefficient (Wildman–Crippen LogP) is 8.38. The van der Waals surface area contributed by atoms with E-state index in [1.54, 1.807) is 6.07 Å². The molecule has 0 N–H and O–H groups in total. The lowest BCUT2D eigenvalue weighted by Gasteiger charge is -2.21. The van der Waals surface area contributed by atoms with Gasteiger partial charge >= 0.3 is 11.6 Å². The lowest BCUT2D eigenvalue weighted by Crippen LogP contribution is -2.13. The van der Waals surface area contributed by atoms with Crippen molar-refractivity contribution < 1.29 is 33.0 Å². The molecule has 0 saturated carbocycles. The van der Waals surface area contributed by atoms with Crippen LogP contribution in [0.15, 0.2) is 142 Å². The minimum atomic E-state index is -0.775. The van der Waals surface area contributed by atoms with Crippen molar-refractivity contribution in [2.45, 2.75) is 38.8 Å². The van der Waals surface area contributed by atoms with Crippen molar-refractivity contribution in [1.82, 2.24) is 0 Å². The zero-order valence-corrected chi connectivity index (χ0v) is 28.0. The molecule has 0 bridgehead atoms. The third kappa shape index (κ3) is 7.78. The summed E-state index contributed by atoms with van der Waals surface area (Å²) >= 11 is 0. The van der Waals surface area contributed by atoms with E-state index in [2.05, 4.69) is 5.16 Å². The van der Waals surface area contributed by atoms with Crippen molar-refractivity contribution in [3.05, 3.63) is 171 Å². The number of oxime groups is 1. The molecule has 1 unspecified atom stereocenters. The number of benzene rings is 5. The van der Waals surface area contributed by atoms with E-state index in [4.69, 9.17) is 28.2 Å². The van der Waals surface area contributed by atoms with Crippen molar-refractivity contribution in [3.8, 4) is 17.2 Å². The van der Waals surface area contributed by atoms with E-state index in [1.165, 1.54) is 13.2 Å². The molecule has 1 aromatic heterocycles. The number of methoxy groups -OCH3 is 1. The number of ether oxygens (including phenoxy) is 4. The number of hydrogen-bond donors (Lipinski definition) is 0. The summed E-state index contributed by atoms with van der Waals surface area (Å²) in [6.07, 6.45) is 0.354. The molecule has 0 spiro atoms. The number of esters is 1. The minimum absolute atomic E-state index is 0.133. The first-order valence-corrected chi connectivity index (χ1v) is 16.6.